The van der Waals surface area contributed by atoms with Crippen molar-refractivity contribution in [2.45, 2.75) is 0 Å². The lowest BCUT2D eigenvalue weighted by Crippen LogP contribution is -1.95. The Morgan fingerprint density at radius 3 is 1.29 bits per heavy atom. The largest absolute Gasteiger partial charge is 0.497 e. The molecule has 0 N–H and O–H groups in total. The van der Waals surface area contributed by atoms with Crippen LogP contribution in [-0.4, -0.2) is 14.2 Å². The molecule has 0 saturated heterocycles. The van der Waals surface area contributed by atoms with E-state index in [0.717, 1.165) is 11.5 Å². The van der Waals surface area contributed by atoms with Crippen LogP contribution in [0.4, 0.5) is 0 Å². The molecule has 2 aromatic carbocycles. The van der Waals surface area contributed by atoms with Gasteiger partial charge in [0.2, 0.25) is 0 Å². The van der Waals surface area contributed by atoms with E-state index in [1.165, 1.54) is 0 Å². The Morgan fingerprint density at radius 2 is 1.00 bits per heavy atom. The van der Waals surface area contributed by atoms with E-state index in [2.05, 4.69) is 0 Å². The highest BCUT2D eigenvalue weighted by molar-refractivity contribution is 8.22. The van der Waals surface area contributed by atoms with Crippen LogP contribution in [0.25, 0.3) is 0 Å². The first-order valence-corrected chi connectivity index (χ1v) is 9.54. The van der Waals surface area contributed by atoms with Crippen LogP contribution >= 0.6 is 17.1 Å². The molecule has 0 atom stereocenters. The molecule has 0 spiro atoms. The van der Waals surface area contributed by atoms with E-state index in [1.54, 1.807) is 62.8 Å². The summed E-state index contributed by atoms with van der Waals surface area (Å²) in [5.74, 6) is -0.452. The van der Waals surface area contributed by atoms with Gasteiger partial charge < -0.3 is 18.5 Å². The molecule has 0 saturated carbocycles. The number of hydrogen-bond acceptors (Lipinski definition) is 5. The Hall–Kier alpha value is -1.42. The zero-order chi connectivity index (χ0) is 15.3. The highest BCUT2D eigenvalue weighted by atomic mass is 35.7. The molecule has 0 aliphatic heterocycles. The Morgan fingerprint density at radius 1 is 0.714 bits per heavy atom. The van der Waals surface area contributed by atoms with Gasteiger partial charge in [0, 0.05) is 11.8 Å². The molecular formula is C14H14ClO4PS. The number of benzene rings is 2. The molecule has 0 amide bonds. The molecule has 4 nitrogen and oxygen atoms in total. The lowest BCUT2D eigenvalue weighted by atomic mass is 10.3. The summed E-state index contributed by atoms with van der Waals surface area (Å²) in [4.78, 5) is 0. The van der Waals surface area contributed by atoms with Crippen LogP contribution in [0.15, 0.2) is 48.5 Å². The van der Waals surface area contributed by atoms with Gasteiger partial charge >= 0.3 is 5.84 Å². The van der Waals surface area contributed by atoms with Crippen molar-refractivity contribution in [3.63, 3.8) is 0 Å². The molecule has 0 radical (unpaired) electrons. The van der Waals surface area contributed by atoms with Crippen molar-refractivity contribution in [2.75, 3.05) is 14.2 Å². The third kappa shape index (κ3) is 4.81. The minimum absolute atomic E-state index is 0.530. The third-order valence-corrected chi connectivity index (χ3v) is 4.27. The van der Waals surface area contributed by atoms with Gasteiger partial charge in [-0.3, -0.25) is 0 Å². The molecule has 0 heterocycles. The minimum Gasteiger partial charge on any atom is -0.497 e. The second-order valence-electron chi connectivity index (χ2n) is 3.96. The van der Waals surface area contributed by atoms with Crippen LogP contribution in [0, 0.1) is 0 Å². The fourth-order valence-electron chi connectivity index (χ4n) is 1.54. The van der Waals surface area contributed by atoms with Gasteiger partial charge in [-0.1, -0.05) is 0 Å². The summed E-state index contributed by atoms with van der Waals surface area (Å²) >= 11 is 11.4. The smallest absolute Gasteiger partial charge is 0.384 e. The van der Waals surface area contributed by atoms with Gasteiger partial charge in [-0.05, 0) is 59.8 Å². The van der Waals surface area contributed by atoms with E-state index in [1.807, 2.05) is 0 Å². The average molecular weight is 345 g/mol. The molecule has 2 aromatic rings. The first kappa shape index (κ1) is 16.0. The van der Waals surface area contributed by atoms with E-state index in [4.69, 9.17) is 41.6 Å². The SMILES string of the molecule is COc1ccc(OP(=S)(Cl)Oc2ccc(OC)cc2)cc1. The van der Waals surface area contributed by atoms with Crippen molar-refractivity contribution in [1.29, 1.82) is 0 Å². The van der Waals surface area contributed by atoms with E-state index in [-0.39, 0.29) is 0 Å². The van der Waals surface area contributed by atoms with E-state index in [9.17, 15) is 0 Å². The second-order valence-corrected chi connectivity index (χ2v) is 8.57. The fraction of sp³-hybridized carbons (Fsp3) is 0.143. The lowest BCUT2D eigenvalue weighted by Gasteiger charge is -2.17. The molecule has 0 aliphatic carbocycles. The minimum atomic E-state index is -2.96. The standard InChI is InChI=1S/C14H14ClO4PS/c1-16-11-3-7-13(8-4-11)18-20(15,21)19-14-9-5-12(17-2)6-10-14/h3-10H,1-2H3. The molecule has 7 heteroatoms. The number of ether oxygens (including phenoxy) is 2. The fourth-order valence-corrected chi connectivity index (χ4v) is 3.32. The van der Waals surface area contributed by atoms with Crippen LogP contribution < -0.4 is 18.5 Å². The zero-order valence-electron chi connectivity index (χ0n) is 11.5. The highest BCUT2D eigenvalue weighted by Gasteiger charge is 2.19. The summed E-state index contributed by atoms with van der Waals surface area (Å²) in [6, 6.07) is 13.9. The first-order chi connectivity index (χ1) is 10.0. The normalized spacial score (nSPS) is 10.8. The lowest BCUT2D eigenvalue weighted by molar-refractivity contribution is 0.413. The Bertz CT molecular complexity index is 577. The first-order valence-electron chi connectivity index (χ1n) is 5.99. The van der Waals surface area contributed by atoms with E-state index in [0.29, 0.717) is 11.5 Å². The molecule has 0 bridgehead atoms. The molecule has 112 valence electrons. The van der Waals surface area contributed by atoms with Gasteiger partial charge in [-0.25, -0.2) is 0 Å². The predicted octanol–water partition coefficient (Wildman–Crippen LogP) is 4.62. The van der Waals surface area contributed by atoms with Gasteiger partial charge in [-0.2, -0.15) is 0 Å². The molecule has 0 fully saturated rings. The quantitative estimate of drug-likeness (QED) is 0.714. The monoisotopic (exact) mass is 344 g/mol. The van der Waals surface area contributed by atoms with Gasteiger partial charge in [0.05, 0.1) is 14.2 Å². The van der Waals surface area contributed by atoms with E-state index >= 15 is 0 Å². The maximum Gasteiger partial charge on any atom is 0.384 e. The topological polar surface area (TPSA) is 36.9 Å². The number of halogens is 1. The van der Waals surface area contributed by atoms with Crippen LogP contribution in [0.3, 0.4) is 0 Å². The molecular weight excluding hydrogens is 331 g/mol. The maximum atomic E-state index is 6.17. The second kappa shape index (κ2) is 7.03. The molecule has 0 aliphatic rings. The van der Waals surface area contributed by atoms with Crippen molar-refractivity contribution in [2.24, 2.45) is 0 Å². The Balaban J connectivity index is 2.04. The summed E-state index contributed by atoms with van der Waals surface area (Å²) in [7, 11) is 3.18. The summed E-state index contributed by atoms with van der Waals surface area (Å²) in [5.41, 5.74) is 0. The van der Waals surface area contributed by atoms with Gasteiger partial charge in [0.1, 0.15) is 23.0 Å². The van der Waals surface area contributed by atoms with Crippen molar-refractivity contribution in [3.8, 4) is 23.0 Å². The number of methoxy groups -OCH3 is 2. The van der Waals surface area contributed by atoms with Crippen LogP contribution in [0.2, 0.25) is 0 Å². The van der Waals surface area contributed by atoms with Crippen molar-refractivity contribution < 1.29 is 18.5 Å². The molecule has 2 rings (SSSR count). The summed E-state index contributed by atoms with van der Waals surface area (Å²) in [6.07, 6.45) is 0. The number of rotatable bonds is 6. The molecule has 0 aromatic heterocycles. The summed E-state index contributed by atoms with van der Waals surface area (Å²) in [6.45, 7) is 0. The summed E-state index contributed by atoms with van der Waals surface area (Å²) in [5, 5.41) is 0. The van der Waals surface area contributed by atoms with Crippen LogP contribution in [0.1, 0.15) is 0 Å². The van der Waals surface area contributed by atoms with Crippen LogP contribution in [0.5, 0.6) is 23.0 Å². The summed E-state index contributed by atoms with van der Waals surface area (Å²) < 4.78 is 21.2. The van der Waals surface area contributed by atoms with Gasteiger partial charge in [-0.15, -0.1) is 0 Å². The Labute approximate surface area is 133 Å². The highest BCUT2D eigenvalue weighted by Crippen LogP contribution is 2.53. The Kier molecular flexibility index (Phi) is 5.34. The predicted molar refractivity (Wildman–Crippen MR) is 87.4 cm³/mol. The van der Waals surface area contributed by atoms with Gasteiger partial charge in [0.15, 0.2) is 0 Å². The molecule has 0 unspecified atom stereocenters. The van der Waals surface area contributed by atoms with Crippen molar-refractivity contribution in [1.82, 2.24) is 0 Å². The van der Waals surface area contributed by atoms with Crippen molar-refractivity contribution >= 4 is 28.9 Å². The van der Waals surface area contributed by atoms with Crippen LogP contribution in [-0.2, 0) is 11.8 Å². The number of hydrogen-bond donors (Lipinski definition) is 0. The molecule has 21 heavy (non-hydrogen) atoms. The average Bonchev–Trinajstić information content (AvgIpc) is 2.48. The van der Waals surface area contributed by atoms with Gasteiger partial charge in [0.25, 0.3) is 0 Å². The zero-order valence-corrected chi connectivity index (χ0v) is 14.0. The maximum absolute atomic E-state index is 6.17. The van der Waals surface area contributed by atoms with Crippen molar-refractivity contribution in [3.05, 3.63) is 48.5 Å². The third-order valence-electron chi connectivity index (χ3n) is 2.55. The van der Waals surface area contributed by atoms with E-state index < -0.39 is 5.84 Å².